The van der Waals surface area contributed by atoms with Crippen LogP contribution < -0.4 is 16.0 Å². The number of benzene rings is 1. The third kappa shape index (κ3) is 3.06. The molecule has 6 nitrogen and oxygen atoms in total. The first-order valence-corrected chi connectivity index (χ1v) is 7.67. The summed E-state index contributed by atoms with van der Waals surface area (Å²) in [4.78, 5) is 18.5. The first-order chi connectivity index (χ1) is 10.5. The summed E-state index contributed by atoms with van der Waals surface area (Å²) in [6.45, 7) is 0. The van der Waals surface area contributed by atoms with Crippen molar-refractivity contribution in [1.82, 2.24) is 4.98 Å². The molecule has 3 N–H and O–H groups in total. The molecular formula is C16H22N4O2. The van der Waals surface area contributed by atoms with Crippen LogP contribution >= 0.6 is 0 Å². The van der Waals surface area contributed by atoms with Crippen LogP contribution in [0.1, 0.15) is 25.7 Å². The molecule has 118 valence electrons. The molecule has 3 rings (SSSR count). The summed E-state index contributed by atoms with van der Waals surface area (Å²) in [6.07, 6.45) is 3.72. The van der Waals surface area contributed by atoms with Crippen molar-refractivity contribution in [3.05, 3.63) is 18.2 Å². The third-order valence-corrected chi connectivity index (χ3v) is 4.11. The molecule has 1 fully saturated rings. The molecule has 1 aliphatic rings. The molecule has 2 aromatic rings. The molecule has 1 aliphatic carbocycles. The normalized spacial score (nSPS) is 21.8. The largest absolute Gasteiger partial charge is 0.423 e. The van der Waals surface area contributed by atoms with Crippen molar-refractivity contribution in [2.24, 2.45) is 11.7 Å². The van der Waals surface area contributed by atoms with Crippen molar-refractivity contribution >= 4 is 28.7 Å². The molecule has 0 aliphatic heterocycles. The molecule has 1 saturated carbocycles. The second kappa shape index (κ2) is 5.96. The Morgan fingerprint density at radius 1 is 1.41 bits per heavy atom. The fourth-order valence-electron chi connectivity index (χ4n) is 2.89. The number of nitrogens with one attached hydrogen (secondary N) is 1. The van der Waals surface area contributed by atoms with Gasteiger partial charge in [-0.05, 0) is 37.5 Å². The van der Waals surface area contributed by atoms with E-state index in [9.17, 15) is 4.79 Å². The summed E-state index contributed by atoms with van der Waals surface area (Å²) < 4.78 is 5.61. The van der Waals surface area contributed by atoms with Crippen molar-refractivity contribution in [2.45, 2.75) is 31.7 Å². The van der Waals surface area contributed by atoms with Gasteiger partial charge >= 0.3 is 0 Å². The van der Waals surface area contributed by atoms with Crippen LogP contribution in [0.15, 0.2) is 22.6 Å². The van der Waals surface area contributed by atoms with Gasteiger partial charge in [0.25, 0.3) is 6.01 Å². The zero-order valence-electron chi connectivity index (χ0n) is 13.0. The van der Waals surface area contributed by atoms with Crippen molar-refractivity contribution in [3.63, 3.8) is 0 Å². The van der Waals surface area contributed by atoms with Gasteiger partial charge in [0.05, 0.1) is 0 Å². The average molecular weight is 302 g/mol. The van der Waals surface area contributed by atoms with E-state index in [1.165, 1.54) is 0 Å². The van der Waals surface area contributed by atoms with E-state index in [0.29, 0.717) is 11.6 Å². The zero-order valence-corrected chi connectivity index (χ0v) is 13.0. The van der Waals surface area contributed by atoms with Crippen LogP contribution in [0.3, 0.4) is 0 Å². The second-order valence-electron chi connectivity index (χ2n) is 6.19. The molecule has 0 radical (unpaired) electrons. The Kier molecular flexibility index (Phi) is 4.02. The Hall–Kier alpha value is -2.08. The minimum atomic E-state index is 0.00842. The first kappa shape index (κ1) is 14.8. The Bertz CT molecular complexity index is 680. The van der Waals surface area contributed by atoms with Crippen molar-refractivity contribution in [2.75, 3.05) is 24.3 Å². The van der Waals surface area contributed by atoms with Crippen molar-refractivity contribution in [3.8, 4) is 0 Å². The van der Waals surface area contributed by atoms with Crippen LogP contribution in [0.2, 0.25) is 0 Å². The predicted octanol–water partition coefficient (Wildman–Crippen LogP) is 2.35. The zero-order chi connectivity index (χ0) is 15.7. The van der Waals surface area contributed by atoms with E-state index in [1.54, 1.807) is 0 Å². The number of carbonyl (C=O) groups is 1. The van der Waals surface area contributed by atoms with E-state index in [-0.39, 0.29) is 17.9 Å². The van der Waals surface area contributed by atoms with Crippen LogP contribution in [0.5, 0.6) is 0 Å². The number of oxazole rings is 1. The van der Waals surface area contributed by atoms with Crippen molar-refractivity contribution < 1.29 is 9.21 Å². The summed E-state index contributed by atoms with van der Waals surface area (Å²) in [5.74, 6) is 0.0555. The van der Waals surface area contributed by atoms with Gasteiger partial charge in [-0.1, -0.05) is 6.42 Å². The lowest BCUT2D eigenvalue weighted by Gasteiger charge is -2.25. The van der Waals surface area contributed by atoms with E-state index in [0.717, 1.165) is 36.9 Å². The monoisotopic (exact) mass is 302 g/mol. The quantitative estimate of drug-likeness (QED) is 0.909. The van der Waals surface area contributed by atoms with Gasteiger partial charge in [0.15, 0.2) is 5.58 Å². The lowest BCUT2D eigenvalue weighted by atomic mass is 9.85. The number of nitrogens with two attached hydrogens (primary N) is 1. The average Bonchev–Trinajstić information content (AvgIpc) is 2.90. The number of rotatable bonds is 3. The van der Waals surface area contributed by atoms with Gasteiger partial charge in [-0.3, -0.25) is 4.79 Å². The Morgan fingerprint density at radius 2 is 2.23 bits per heavy atom. The second-order valence-corrected chi connectivity index (χ2v) is 6.19. The van der Waals surface area contributed by atoms with E-state index < -0.39 is 0 Å². The van der Waals surface area contributed by atoms with Gasteiger partial charge in [-0.15, -0.1) is 0 Å². The molecule has 0 bridgehead atoms. The smallest absolute Gasteiger partial charge is 0.297 e. The Balaban J connectivity index is 1.74. The number of aromatic nitrogens is 1. The van der Waals surface area contributed by atoms with Crippen LogP contribution in [0, 0.1) is 5.92 Å². The van der Waals surface area contributed by atoms with Gasteiger partial charge in [0, 0.05) is 31.7 Å². The molecule has 1 aromatic heterocycles. The Labute approximate surface area is 129 Å². The van der Waals surface area contributed by atoms with E-state index in [4.69, 9.17) is 10.2 Å². The van der Waals surface area contributed by atoms with E-state index in [1.807, 2.05) is 37.2 Å². The SMILES string of the molecule is CN(C)c1nc2cc(NC(=O)C3CCCC(N)C3)ccc2o1. The molecule has 6 heteroatoms. The number of carbonyl (C=O) groups excluding carboxylic acids is 1. The fraction of sp³-hybridized carbons (Fsp3) is 0.500. The molecule has 1 aromatic carbocycles. The van der Waals surface area contributed by atoms with Crippen LogP contribution in [0.4, 0.5) is 11.7 Å². The first-order valence-electron chi connectivity index (χ1n) is 7.67. The van der Waals surface area contributed by atoms with E-state index >= 15 is 0 Å². The topological polar surface area (TPSA) is 84.4 Å². The summed E-state index contributed by atoms with van der Waals surface area (Å²) >= 11 is 0. The molecule has 2 atom stereocenters. The van der Waals surface area contributed by atoms with Crippen molar-refractivity contribution in [1.29, 1.82) is 0 Å². The van der Waals surface area contributed by atoms with Gasteiger partial charge in [-0.2, -0.15) is 4.98 Å². The molecule has 1 amide bonds. The maximum Gasteiger partial charge on any atom is 0.297 e. The lowest BCUT2D eigenvalue weighted by molar-refractivity contribution is -0.120. The highest BCUT2D eigenvalue weighted by atomic mass is 16.4. The van der Waals surface area contributed by atoms with E-state index in [2.05, 4.69) is 10.3 Å². The minimum absolute atomic E-state index is 0.00842. The summed E-state index contributed by atoms with van der Waals surface area (Å²) in [6, 6.07) is 6.21. The number of hydrogen-bond acceptors (Lipinski definition) is 5. The van der Waals surface area contributed by atoms with Gasteiger partial charge in [0.2, 0.25) is 5.91 Å². The number of anilines is 2. The predicted molar refractivity (Wildman–Crippen MR) is 86.9 cm³/mol. The highest BCUT2D eigenvalue weighted by Crippen LogP contribution is 2.26. The lowest BCUT2D eigenvalue weighted by Crippen LogP contribution is -2.34. The molecule has 1 heterocycles. The Morgan fingerprint density at radius 3 is 2.95 bits per heavy atom. The molecule has 2 unspecified atom stereocenters. The van der Waals surface area contributed by atoms with Gasteiger partial charge in [0.1, 0.15) is 5.52 Å². The molecular weight excluding hydrogens is 280 g/mol. The minimum Gasteiger partial charge on any atom is -0.423 e. The maximum absolute atomic E-state index is 12.3. The maximum atomic E-state index is 12.3. The summed E-state index contributed by atoms with van der Waals surface area (Å²) in [7, 11) is 3.75. The fourth-order valence-corrected chi connectivity index (χ4v) is 2.89. The highest BCUT2D eigenvalue weighted by Gasteiger charge is 2.25. The third-order valence-electron chi connectivity index (χ3n) is 4.11. The van der Waals surface area contributed by atoms with Crippen LogP contribution in [-0.2, 0) is 4.79 Å². The standard InChI is InChI=1S/C16H22N4O2/c1-20(2)16-19-13-9-12(6-7-14(13)22-16)18-15(21)10-4-3-5-11(17)8-10/h6-7,9-11H,3-5,8,17H2,1-2H3,(H,18,21). The number of amides is 1. The summed E-state index contributed by atoms with van der Waals surface area (Å²) in [5, 5.41) is 2.97. The molecule has 0 spiro atoms. The number of nitrogens with zero attached hydrogens (tertiary/aromatic N) is 2. The highest BCUT2D eigenvalue weighted by molar-refractivity contribution is 5.94. The van der Waals surface area contributed by atoms with Crippen LogP contribution in [0.25, 0.3) is 11.1 Å². The molecule has 0 saturated heterocycles. The summed E-state index contributed by atoms with van der Waals surface area (Å²) in [5.41, 5.74) is 8.15. The van der Waals surface area contributed by atoms with Crippen LogP contribution in [-0.4, -0.2) is 31.0 Å². The number of fused-ring (bicyclic) bond motifs is 1. The van der Waals surface area contributed by atoms with Gasteiger partial charge < -0.3 is 20.4 Å². The molecule has 22 heavy (non-hydrogen) atoms. The van der Waals surface area contributed by atoms with Gasteiger partial charge in [-0.25, -0.2) is 0 Å². The number of hydrogen-bond donors (Lipinski definition) is 2.